The highest BCUT2D eigenvalue weighted by atomic mass is 19.1. The molecular weight excluding hydrogens is 345 g/mol. The fourth-order valence-electron chi connectivity index (χ4n) is 3.67. The molecule has 0 amide bonds. The van der Waals surface area contributed by atoms with Gasteiger partial charge in [-0.25, -0.2) is 9.37 Å². The fraction of sp³-hybridized carbons (Fsp3) is 0.250. The third-order valence-electron chi connectivity index (χ3n) is 4.97. The smallest absolute Gasteiger partial charge is 0.247 e. The van der Waals surface area contributed by atoms with Crippen LogP contribution in [0.1, 0.15) is 30.6 Å². The average Bonchev–Trinajstić information content (AvgIpc) is 3.41. The van der Waals surface area contributed by atoms with Gasteiger partial charge in [0.2, 0.25) is 11.8 Å². The predicted octanol–water partition coefficient (Wildman–Crippen LogP) is 4.09. The number of fused-ring (bicyclic) bond motifs is 1. The molecule has 5 rings (SSSR count). The van der Waals surface area contributed by atoms with Gasteiger partial charge in [0.05, 0.1) is 23.6 Å². The van der Waals surface area contributed by atoms with Crippen molar-refractivity contribution in [1.29, 1.82) is 0 Å². The number of imidazole rings is 1. The second-order valence-electron chi connectivity index (χ2n) is 6.78. The van der Waals surface area contributed by atoms with Crippen molar-refractivity contribution in [3.8, 4) is 11.5 Å². The molecule has 1 atom stereocenters. The number of likely N-dealkylation sites (tertiary alicyclic amines) is 1. The number of hydrogen-bond donors (Lipinski definition) is 1. The maximum Gasteiger partial charge on any atom is 0.247 e. The van der Waals surface area contributed by atoms with E-state index in [0.29, 0.717) is 18.3 Å². The molecule has 0 spiro atoms. The van der Waals surface area contributed by atoms with Gasteiger partial charge in [0, 0.05) is 5.56 Å². The molecule has 136 valence electrons. The Morgan fingerprint density at radius 3 is 2.93 bits per heavy atom. The first-order valence-corrected chi connectivity index (χ1v) is 9.03. The van der Waals surface area contributed by atoms with Gasteiger partial charge in [-0.15, -0.1) is 10.2 Å². The van der Waals surface area contributed by atoms with Crippen LogP contribution in [0.3, 0.4) is 0 Å². The minimum Gasteiger partial charge on any atom is -0.419 e. The molecule has 27 heavy (non-hydrogen) atoms. The molecule has 0 bridgehead atoms. The highest BCUT2D eigenvalue weighted by molar-refractivity contribution is 5.75. The van der Waals surface area contributed by atoms with E-state index in [1.54, 1.807) is 6.07 Å². The van der Waals surface area contributed by atoms with Gasteiger partial charge in [-0.3, -0.25) is 4.90 Å². The van der Waals surface area contributed by atoms with Crippen LogP contribution < -0.4 is 0 Å². The molecule has 7 heteroatoms. The number of rotatable bonds is 4. The van der Waals surface area contributed by atoms with Crippen molar-refractivity contribution in [2.45, 2.75) is 25.4 Å². The lowest BCUT2D eigenvalue weighted by Gasteiger charge is -2.20. The van der Waals surface area contributed by atoms with E-state index in [2.05, 4.69) is 25.1 Å². The summed E-state index contributed by atoms with van der Waals surface area (Å²) < 4.78 is 19.3. The number of benzene rings is 2. The van der Waals surface area contributed by atoms with E-state index in [1.807, 2.05) is 30.3 Å². The molecule has 0 radical (unpaired) electrons. The van der Waals surface area contributed by atoms with Gasteiger partial charge >= 0.3 is 0 Å². The molecule has 0 saturated carbocycles. The van der Waals surface area contributed by atoms with Gasteiger partial charge in [-0.2, -0.15) is 0 Å². The minimum absolute atomic E-state index is 0.132. The lowest BCUT2D eigenvalue weighted by atomic mass is 10.2. The molecule has 3 heterocycles. The van der Waals surface area contributed by atoms with E-state index in [0.717, 1.165) is 41.8 Å². The van der Waals surface area contributed by atoms with Crippen LogP contribution in [0.15, 0.2) is 52.9 Å². The van der Waals surface area contributed by atoms with Gasteiger partial charge in [0.15, 0.2) is 0 Å². The highest BCUT2D eigenvalue weighted by Crippen LogP contribution is 2.33. The van der Waals surface area contributed by atoms with Crippen LogP contribution in [0.2, 0.25) is 0 Å². The van der Waals surface area contributed by atoms with Crippen LogP contribution in [-0.2, 0) is 6.54 Å². The zero-order valence-corrected chi connectivity index (χ0v) is 14.6. The number of aromatic nitrogens is 4. The van der Waals surface area contributed by atoms with Gasteiger partial charge in [0.1, 0.15) is 11.6 Å². The van der Waals surface area contributed by atoms with E-state index < -0.39 is 0 Å². The summed E-state index contributed by atoms with van der Waals surface area (Å²) in [6.45, 7) is 1.50. The molecule has 1 saturated heterocycles. The predicted molar refractivity (Wildman–Crippen MR) is 98.2 cm³/mol. The van der Waals surface area contributed by atoms with Gasteiger partial charge in [-0.05, 0) is 49.7 Å². The number of aromatic amines is 1. The van der Waals surface area contributed by atoms with E-state index in [1.165, 1.54) is 12.1 Å². The zero-order valence-electron chi connectivity index (χ0n) is 14.6. The third-order valence-corrected chi connectivity index (χ3v) is 4.97. The highest BCUT2D eigenvalue weighted by Gasteiger charge is 2.30. The normalized spacial score (nSPS) is 17.7. The maximum atomic E-state index is 13.4. The molecule has 2 aromatic heterocycles. The summed E-state index contributed by atoms with van der Waals surface area (Å²) in [6, 6.07) is 14.5. The van der Waals surface area contributed by atoms with Crippen molar-refractivity contribution in [1.82, 2.24) is 25.1 Å². The average molecular weight is 363 g/mol. The zero-order chi connectivity index (χ0) is 18.2. The number of halogens is 1. The van der Waals surface area contributed by atoms with Gasteiger partial charge in [-0.1, -0.05) is 18.2 Å². The number of H-pyrrole nitrogens is 1. The topological polar surface area (TPSA) is 70.8 Å². The van der Waals surface area contributed by atoms with Crippen LogP contribution in [0.25, 0.3) is 22.5 Å². The lowest BCUT2D eigenvalue weighted by Crippen LogP contribution is -2.23. The van der Waals surface area contributed by atoms with Gasteiger partial charge in [0.25, 0.3) is 0 Å². The van der Waals surface area contributed by atoms with Crippen molar-refractivity contribution in [3.05, 3.63) is 66.1 Å². The molecule has 1 fully saturated rings. The van der Waals surface area contributed by atoms with Crippen LogP contribution in [0, 0.1) is 5.82 Å². The third kappa shape index (κ3) is 3.10. The molecule has 6 nitrogen and oxygen atoms in total. The molecular formula is C20H18FN5O. The van der Waals surface area contributed by atoms with Crippen molar-refractivity contribution in [2.24, 2.45) is 0 Å². The van der Waals surface area contributed by atoms with Gasteiger partial charge < -0.3 is 9.40 Å². The van der Waals surface area contributed by atoms with Crippen LogP contribution in [0.4, 0.5) is 4.39 Å². The Kier molecular flexibility index (Phi) is 3.94. The standard InChI is InChI=1S/C20H18FN5O/c21-14-8-9-15-16(11-14)23-19(22-15)17-7-4-10-26(17)12-18-24-25-20(27-18)13-5-2-1-3-6-13/h1-3,5-6,8-9,11,17H,4,7,10,12H2,(H,22,23)/t17-/m0/s1. The lowest BCUT2D eigenvalue weighted by molar-refractivity contribution is 0.218. The first kappa shape index (κ1) is 16.1. The summed E-state index contributed by atoms with van der Waals surface area (Å²) in [5, 5.41) is 8.36. The quantitative estimate of drug-likeness (QED) is 0.591. The molecule has 1 aliphatic heterocycles. The van der Waals surface area contributed by atoms with E-state index in [9.17, 15) is 4.39 Å². The Hall–Kier alpha value is -3.06. The van der Waals surface area contributed by atoms with Crippen LogP contribution in [-0.4, -0.2) is 31.6 Å². The van der Waals surface area contributed by atoms with Crippen molar-refractivity contribution >= 4 is 11.0 Å². The number of hydrogen-bond acceptors (Lipinski definition) is 5. The van der Waals surface area contributed by atoms with Crippen molar-refractivity contribution in [2.75, 3.05) is 6.54 Å². The van der Waals surface area contributed by atoms with Crippen molar-refractivity contribution in [3.63, 3.8) is 0 Å². The number of nitrogens with zero attached hydrogens (tertiary/aromatic N) is 4. The van der Waals surface area contributed by atoms with E-state index >= 15 is 0 Å². The summed E-state index contributed by atoms with van der Waals surface area (Å²) in [4.78, 5) is 10.2. The van der Waals surface area contributed by atoms with E-state index in [4.69, 9.17) is 4.42 Å². The SMILES string of the molecule is Fc1ccc2nc([C@@H]3CCCN3Cc3nnc(-c4ccccc4)o3)[nH]c2c1. The molecule has 4 aromatic rings. The Balaban J connectivity index is 1.37. The first-order chi connectivity index (χ1) is 13.3. The van der Waals surface area contributed by atoms with Crippen LogP contribution >= 0.6 is 0 Å². The molecule has 1 N–H and O–H groups in total. The molecule has 0 aliphatic carbocycles. The summed E-state index contributed by atoms with van der Waals surface area (Å²) in [5.74, 6) is 1.71. The first-order valence-electron chi connectivity index (χ1n) is 9.03. The molecule has 2 aromatic carbocycles. The minimum atomic E-state index is -0.264. The Bertz CT molecular complexity index is 1070. The van der Waals surface area contributed by atoms with Crippen molar-refractivity contribution < 1.29 is 8.81 Å². The summed E-state index contributed by atoms with van der Waals surface area (Å²) in [6.07, 6.45) is 2.05. The second-order valence-corrected chi connectivity index (χ2v) is 6.78. The summed E-state index contributed by atoms with van der Waals surface area (Å²) in [5.41, 5.74) is 2.41. The number of nitrogens with one attached hydrogen (secondary N) is 1. The largest absolute Gasteiger partial charge is 0.419 e. The van der Waals surface area contributed by atoms with E-state index in [-0.39, 0.29) is 11.9 Å². The molecule has 0 unspecified atom stereocenters. The van der Waals surface area contributed by atoms with Crippen LogP contribution in [0.5, 0.6) is 0 Å². The Labute approximate surface area is 155 Å². The second kappa shape index (κ2) is 6.59. The Morgan fingerprint density at radius 2 is 2.04 bits per heavy atom. The summed E-state index contributed by atoms with van der Waals surface area (Å²) >= 11 is 0. The summed E-state index contributed by atoms with van der Waals surface area (Å²) in [7, 11) is 0. The monoisotopic (exact) mass is 363 g/mol. The maximum absolute atomic E-state index is 13.4. The Morgan fingerprint density at radius 1 is 1.15 bits per heavy atom. The molecule has 1 aliphatic rings. The fourth-order valence-corrected chi connectivity index (χ4v) is 3.67.